The Bertz CT molecular complexity index is 403. The Morgan fingerprint density at radius 1 is 1.28 bits per heavy atom. The van der Waals surface area contributed by atoms with E-state index in [0.717, 1.165) is 5.56 Å². The summed E-state index contributed by atoms with van der Waals surface area (Å²) in [5.74, 6) is -3.40. The highest BCUT2D eigenvalue weighted by Gasteiger charge is 2.31. The van der Waals surface area contributed by atoms with Gasteiger partial charge in [0.05, 0.1) is 6.54 Å². The maximum absolute atomic E-state index is 11.6. The minimum atomic E-state index is -1.17. The number of benzene rings is 1. The SMILES string of the molecule is CC(C)[C@@H](C(=O)O)C(=O)ONCc1ccccc1. The minimum absolute atomic E-state index is 0.312. The summed E-state index contributed by atoms with van der Waals surface area (Å²) in [7, 11) is 0. The Kier molecular flexibility index (Phi) is 5.32. The molecule has 0 aromatic heterocycles. The summed E-state index contributed by atoms with van der Waals surface area (Å²) in [5.41, 5.74) is 3.42. The minimum Gasteiger partial charge on any atom is -0.481 e. The molecule has 0 fully saturated rings. The topological polar surface area (TPSA) is 75.6 Å². The fourth-order valence-electron chi connectivity index (χ4n) is 1.51. The molecule has 18 heavy (non-hydrogen) atoms. The first-order valence-electron chi connectivity index (χ1n) is 5.72. The van der Waals surface area contributed by atoms with Gasteiger partial charge in [-0.1, -0.05) is 44.2 Å². The zero-order chi connectivity index (χ0) is 13.5. The first-order chi connectivity index (χ1) is 8.52. The summed E-state index contributed by atoms with van der Waals surface area (Å²) < 4.78 is 0. The Labute approximate surface area is 106 Å². The predicted molar refractivity (Wildman–Crippen MR) is 65.3 cm³/mol. The summed E-state index contributed by atoms with van der Waals surface area (Å²) in [6, 6.07) is 9.37. The summed E-state index contributed by atoms with van der Waals surface area (Å²) in [6.07, 6.45) is 0. The van der Waals surface area contributed by atoms with Crippen LogP contribution in [0.4, 0.5) is 0 Å². The molecule has 0 aliphatic heterocycles. The molecule has 0 bridgehead atoms. The van der Waals surface area contributed by atoms with Gasteiger partial charge in [-0.05, 0) is 11.5 Å². The van der Waals surface area contributed by atoms with Crippen molar-refractivity contribution in [3.63, 3.8) is 0 Å². The number of carboxylic acid groups (broad SMARTS) is 1. The van der Waals surface area contributed by atoms with Crippen molar-refractivity contribution in [1.29, 1.82) is 0 Å². The molecule has 0 spiro atoms. The van der Waals surface area contributed by atoms with Crippen LogP contribution in [-0.2, 0) is 21.0 Å². The first kappa shape index (κ1) is 14.2. The lowest BCUT2D eigenvalue weighted by molar-refractivity contribution is -0.166. The van der Waals surface area contributed by atoms with Gasteiger partial charge in [-0.2, -0.15) is 0 Å². The van der Waals surface area contributed by atoms with E-state index in [2.05, 4.69) is 5.48 Å². The molecule has 0 saturated heterocycles. The summed E-state index contributed by atoms with van der Waals surface area (Å²) >= 11 is 0. The largest absolute Gasteiger partial charge is 0.481 e. The fraction of sp³-hybridized carbons (Fsp3) is 0.385. The van der Waals surface area contributed by atoms with Gasteiger partial charge in [0, 0.05) is 0 Å². The van der Waals surface area contributed by atoms with Crippen LogP contribution in [0, 0.1) is 11.8 Å². The van der Waals surface area contributed by atoms with E-state index in [-0.39, 0.29) is 5.92 Å². The van der Waals surface area contributed by atoms with Crippen LogP contribution in [0.2, 0.25) is 0 Å². The van der Waals surface area contributed by atoms with Crippen LogP contribution in [0.15, 0.2) is 30.3 Å². The van der Waals surface area contributed by atoms with Crippen LogP contribution in [0.1, 0.15) is 19.4 Å². The number of carbonyl (C=O) groups is 2. The average molecular weight is 251 g/mol. The van der Waals surface area contributed by atoms with Crippen molar-refractivity contribution < 1.29 is 19.5 Å². The molecule has 5 nitrogen and oxygen atoms in total. The lowest BCUT2D eigenvalue weighted by Crippen LogP contribution is -2.33. The number of rotatable bonds is 6. The maximum atomic E-state index is 11.6. The molecule has 1 aromatic carbocycles. The lowest BCUT2D eigenvalue weighted by atomic mass is 9.96. The van der Waals surface area contributed by atoms with Gasteiger partial charge in [-0.3, -0.25) is 4.79 Å². The molecule has 0 aliphatic rings. The molecule has 1 aromatic rings. The molecule has 0 radical (unpaired) electrons. The molecule has 1 atom stereocenters. The van der Waals surface area contributed by atoms with E-state index in [1.807, 2.05) is 30.3 Å². The number of hydroxylamine groups is 1. The average Bonchev–Trinajstić information content (AvgIpc) is 2.29. The maximum Gasteiger partial charge on any atom is 0.339 e. The van der Waals surface area contributed by atoms with Crippen molar-refractivity contribution in [3.8, 4) is 0 Å². The zero-order valence-electron chi connectivity index (χ0n) is 10.4. The van der Waals surface area contributed by atoms with Crippen LogP contribution in [0.5, 0.6) is 0 Å². The van der Waals surface area contributed by atoms with Gasteiger partial charge >= 0.3 is 11.9 Å². The molecule has 0 amide bonds. The molecule has 2 N–H and O–H groups in total. The summed E-state index contributed by atoms with van der Waals surface area (Å²) in [4.78, 5) is 27.2. The number of hydrogen-bond acceptors (Lipinski definition) is 4. The number of carbonyl (C=O) groups excluding carboxylic acids is 1. The molecule has 0 saturated carbocycles. The van der Waals surface area contributed by atoms with Gasteiger partial charge in [-0.15, -0.1) is 5.48 Å². The van der Waals surface area contributed by atoms with Crippen molar-refractivity contribution in [2.24, 2.45) is 11.8 Å². The van der Waals surface area contributed by atoms with Crippen LogP contribution in [0.25, 0.3) is 0 Å². The summed E-state index contributed by atoms with van der Waals surface area (Å²) in [6.45, 7) is 3.67. The van der Waals surface area contributed by atoms with E-state index in [0.29, 0.717) is 6.54 Å². The van der Waals surface area contributed by atoms with E-state index < -0.39 is 17.9 Å². The highest BCUT2D eigenvalue weighted by atomic mass is 16.7. The van der Waals surface area contributed by atoms with Gasteiger partial charge in [0.1, 0.15) is 0 Å². The molecular weight excluding hydrogens is 234 g/mol. The number of nitrogens with one attached hydrogen (secondary N) is 1. The Hall–Kier alpha value is -1.88. The monoisotopic (exact) mass is 251 g/mol. The third-order valence-electron chi connectivity index (χ3n) is 2.48. The molecule has 0 unspecified atom stereocenters. The normalized spacial score (nSPS) is 12.2. The second-order valence-corrected chi connectivity index (χ2v) is 4.29. The van der Waals surface area contributed by atoms with Crippen molar-refractivity contribution in [2.45, 2.75) is 20.4 Å². The van der Waals surface area contributed by atoms with Crippen LogP contribution < -0.4 is 5.48 Å². The van der Waals surface area contributed by atoms with E-state index in [1.54, 1.807) is 13.8 Å². The second kappa shape index (κ2) is 6.76. The van der Waals surface area contributed by atoms with Gasteiger partial charge in [-0.25, -0.2) is 4.79 Å². The molecule has 0 heterocycles. The van der Waals surface area contributed by atoms with E-state index in [4.69, 9.17) is 9.94 Å². The lowest BCUT2D eigenvalue weighted by Gasteiger charge is -2.14. The van der Waals surface area contributed by atoms with Gasteiger partial charge in [0.25, 0.3) is 0 Å². The summed E-state index contributed by atoms with van der Waals surface area (Å²) in [5, 5.41) is 8.90. The third kappa shape index (κ3) is 4.18. The Morgan fingerprint density at radius 3 is 2.39 bits per heavy atom. The smallest absolute Gasteiger partial charge is 0.339 e. The van der Waals surface area contributed by atoms with Crippen molar-refractivity contribution >= 4 is 11.9 Å². The Balaban J connectivity index is 2.43. The highest BCUT2D eigenvalue weighted by Crippen LogP contribution is 2.12. The van der Waals surface area contributed by atoms with Gasteiger partial charge in [0.2, 0.25) is 0 Å². The van der Waals surface area contributed by atoms with E-state index >= 15 is 0 Å². The third-order valence-corrected chi connectivity index (χ3v) is 2.48. The van der Waals surface area contributed by atoms with E-state index in [1.165, 1.54) is 0 Å². The molecule has 1 rings (SSSR count). The Morgan fingerprint density at radius 2 is 1.89 bits per heavy atom. The highest BCUT2D eigenvalue weighted by molar-refractivity contribution is 5.94. The standard InChI is InChI=1S/C13H17NO4/c1-9(2)11(12(15)16)13(17)18-14-8-10-6-4-3-5-7-10/h3-7,9,11,14H,8H2,1-2H3,(H,15,16)/t11-/m0/s1. The van der Waals surface area contributed by atoms with Crippen LogP contribution in [-0.4, -0.2) is 17.0 Å². The molecule has 98 valence electrons. The van der Waals surface area contributed by atoms with Gasteiger partial charge < -0.3 is 9.94 Å². The van der Waals surface area contributed by atoms with E-state index in [9.17, 15) is 9.59 Å². The second-order valence-electron chi connectivity index (χ2n) is 4.29. The molecule has 0 aliphatic carbocycles. The molecular formula is C13H17NO4. The first-order valence-corrected chi connectivity index (χ1v) is 5.72. The molecule has 5 heteroatoms. The van der Waals surface area contributed by atoms with Crippen molar-refractivity contribution in [2.75, 3.05) is 0 Å². The number of hydrogen-bond donors (Lipinski definition) is 2. The quantitative estimate of drug-likeness (QED) is 0.593. The van der Waals surface area contributed by atoms with Crippen molar-refractivity contribution in [3.05, 3.63) is 35.9 Å². The van der Waals surface area contributed by atoms with Crippen LogP contribution >= 0.6 is 0 Å². The van der Waals surface area contributed by atoms with Gasteiger partial charge in [0.15, 0.2) is 5.92 Å². The zero-order valence-corrected chi connectivity index (χ0v) is 10.4. The number of aliphatic carboxylic acids is 1. The predicted octanol–water partition coefficient (Wildman–Crippen LogP) is 1.59. The van der Waals surface area contributed by atoms with Crippen molar-refractivity contribution in [1.82, 2.24) is 5.48 Å². The van der Waals surface area contributed by atoms with Crippen LogP contribution in [0.3, 0.4) is 0 Å². The number of carboxylic acids is 1. The fourth-order valence-corrected chi connectivity index (χ4v) is 1.51.